The first kappa shape index (κ1) is 12.2. The van der Waals surface area contributed by atoms with Crippen molar-refractivity contribution in [2.24, 2.45) is 0 Å². The van der Waals surface area contributed by atoms with Gasteiger partial charge in [-0.05, 0) is 0 Å². The summed E-state index contributed by atoms with van der Waals surface area (Å²) in [5.41, 5.74) is -0.113. The van der Waals surface area contributed by atoms with Crippen molar-refractivity contribution in [3.63, 3.8) is 0 Å². The third-order valence-electron chi connectivity index (χ3n) is 1.53. The lowest BCUT2D eigenvalue weighted by Crippen LogP contribution is -1.89. The summed E-state index contributed by atoms with van der Waals surface area (Å²) in [5, 5.41) is 20.9. The summed E-state index contributed by atoms with van der Waals surface area (Å²) in [6.07, 6.45) is 0. The van der Waals surface area contributed by atoms with E-state index in [1.807, 2.05) is 6.07 Å². The number of hydrogen-bond acceptors (Lipinski definition) is 2. The van der Waals surface area contributed by atoms with E-state index in [2.05, 4.69) is 5.01 Å². The van der Waals surface area contributed by atoms with Crippen molar-refractivity contribution in [1.29, 1.82) is 5.26 Å². The Kier molecular flexibility index (Phi) is 3.90. The van der Waals surface area contributed by atoms with E-state index in [4.69, 9.17) is 51.7 Å². The molecule has 0 radical (unpaired) electrons. The minimum Gasteiger partial charge on any atom is -0.498 e. The van der Waals surface area contributed by atoms with Crippen molar-refractivity contribution in [3.8, 4) is 12.1 Å². The Bertz CT molecular complexity index is 524. The highest BCUT2D eigenvalue weighted by Crippen LogP contribution is 2.40. The molecule has 0 spiro atoms. The van der Waals surface area contributed by atoms with Gasteiger partial charge in [-0.25, -0.2) is 0 Å². The smallest absolute Gasteiger partial charge is 0.339 e. The highest BCUT2D eigenvalue weighted by Gasteiger charge is 2.21. The first-order chi connectivity index (χ1) is 7.04. The van der Waals surface area contributed by atoms with Crippen LogP contribution in [-0.2, 0) is 0 Å². The van der Waals surface area contributed by atoms with Gasteiger partial charge >= 0.3 is 6.07 Å². The second-order valence-electron chi connectivity index (χ2n) is 2.32. The molecule has 3 nitrogen and oxygen atoms in total. The summed E-state index contributed by atoms with van der Waals surface area (Å²) in [6, 6.07) is 3.74. The van der Waals surface area contributed by atoms with Gasteiger partial charge in [0.05, 0.1) is 25.7 Å². The number of nitrogens with zero attached hydrogens (tertiary/aromatic N) is 2. The molecule has 0 fully saturated rings. The van der Waals surface area contributed by atoms with Gasteiger partial charge in [0, 0.05) is 5.01 Å². The van der Waals surface area contributed by atoms with Crippen molar-refractivity contribution in [1.82, 2.24) is 0 Å². The fraction of sp³-hybridized carbons (Fsp3) is 0. The molecule has 1 aromatic carbocycles. The average molecular weight is 282 g/mol. The summed E-state index contributed by atoms with van der Waals surface area (Å²) in [6.45, 7) is 0. The van der Waals surface area contributed by atoms with Gasteiger partial charge in [-0.3, -0.25) is 0 Å². The maximum absolute atomic E-state index is 10.0. The molecule has 0 saturated heterocycles. The third-order valence-corrected chi connectivity index (χ3v) is 3.24. The molecule has 1 aromatic rings. The number of benzene rings is 1. The molecule has 0 aliphatic carbocycles. The van der Waals surface area contributed by atoms with Crippen LogP contribution in [0.2, 0.25) is 20.1 Å². The van der Waals surface area contributed by atoms with E-state index in [1.165, 1.54) is 0 Å². The Morgan fingerprint density at radius 1 is 0.933 bits per heavy atom. The Balaban J connectivity index is 3.75. The predicted molar refractivity (Wildman–Crippen MR) is 60.9 cm³/mol. The normalized spacial score (nSPS) is 9.00. The Morgan fingerprint density at radius 2 is 1.47 bits per heavy atom. The Hall–Kier alpha value is -0.840. The van der Waals surface area contributed by atoms with Crippen LogP contribution in [0.4, 0.5) is 0 Å². The van der Waals surface area contributed by atoms with Crippen LogP contribution in [0.25, 0.3) is 5.01 Å². The number of rotatable bonds is 0. The fourth-order valence-electron chi connectivity index (χ4n) is 0.876. The predicted octanol–water partition coefficient (Wildman–Crippen LogP) is 4.35. The largest absolute Gasteiger partial charge is 0.498 e. The molecule has 0 heterocycles. The summed E-state index contributed by atoms with van der Waals surface area (Å²) >= 11 is 22.9. The molecule has 0 aliphatic rings. The standard InChI is InChI=1S/C8Cl4N2O/c9-5-3(1-13)6(10)8(12)7(11)4(5)2-14-15. The van der Waals surface area contributed by atoms with E-state index < -0.39 is 0 Å². The molecular weight excluding hydrogens is 282 g/mol. The third kappa shape index (κ3) is 2.07. The van der Waals surface area contributed by atoms with Crippen LogP contribution in [-0.4, -0.2) is 0 Å². The minimum absolute atomic E-state index is 0.0423. The van der Waals surface area contributed by atoms with Gasteiger partial charge in [0.25, 0.3) is 0 Å². The second-order valence-corrected chi connectivity index (χ2v) is 3.83. The molecule has 0 N–H and O–H groups in total. The van der Waals surface area contributed by atoms with E-state index in [-0.39, 0.29) is 31.2 Å². The average Bonchev–Trinajstić information content (AvgIpc) is 2.22. The molecule has 76 valence electrons. The van der Waals surface area contributed by atoms with Crippen LogP contribution >= 0.6 is 46.4 Å². The van der Waals surface area contributed by atoms with E-state index in [0.29, 0.717) is 0 Å². The second kappa shape index (κ2) is 4.79. The van der Waals surface area contributed by atoms with Crippen LogP contribution < -0.4 is 0 Å². The Labute approximate surface area is 105 Å². The molecule has 0 atom stereocenters. The first-order valence-corrected chi connectivity index (χ1v) is 4.90. The highest BCUT2D eigenvalue weighted by molar-refractivity contribution is 6.50. The van der Waals surface area contributed by atoms with Crippen molar-refractivity contribution < 1.29 is 0 Å². The molecule has 0 saturated carbocycles. The highest BCUT2D eigenvalue weighted by atomic mass is 35.5. The Morgan fingerprint density at radius 3 is 1.93 bits per heavy atom. The summed E-state index contributed by atoms with van der Waals surface area (Å²) in [5.74, 6) is 0. The number of halogens is 4. The molecule has 1 rings (SSSR count). The first-order valence-electron chi connectivity index (χ1n) is 3.39. The van der Waals surface area contributed by atoms with Crippen LogP contribution in [0.15, 0.2) is 0 Å². The van der Waals surface area contributed by atoms with E-state index >= 15 is 0 Å². The van der Waals surface area contributed by atoms with Crippen molar-refractivity contribution in [2.75, 3.05) is 0 Å². The van der Waals surface area contributed by atoms with Gasteiger partial charge in [0.1, 0.15) is 11.6 Å². The van der Waals surface area contributed by atoms with Crippen LogP contribution in [0.1, 0.15) is 11.1 Å². The van der Waals surface area contributed by atoms with Gasteiger partial charge in [-0.1, -0.05) is 46.4 Å². The molecule has 15 heavy (non-hydrogen) atoms. The lowest BCUT2D eigenvalue weighted by atomic mass is 10.1. The minimum atomic E-state index is -0.100. The van der Waals surface area contributed by atoms with E-state index in [9.17, 15) is 5.21 Å². The molecule has 0 amide bonds. The summed E-state index contributed by atoms with van der Waals surface area (Å²) in [7, 11) is 0. The fourth-order valence-corrected chi connectivity index (χ4v) is 1.95. The quantitative estimate of drug-likeness (QED) is 0.403. The van der Waals surface area contributed by atoms with Crippen LogP contribution in [0.5, 0.6) is 0 Å². The monoisotopic (exact) mass is 280 g/mol. The zero-order valence-corrected chi connectivity index (χ0v) is 9.84. The number of hydrogen-bond donors (Lipinski definition) is 0. The lowest BCUT2D eigenvalue weighted by Gasteiger charge is -2.04. The van der Waals surface area contributed by atoms with Gasteiger partial charge in [0.2, 0.25) is 0 Å². The summed E-state index contributed by atoms with van der Waals surface area (Å²) < 4.78 is 0. The van der Waals surface area contributed by atoms with Crippen LogP contribution in [0, 0.1) is 22.6 Å². The SMILES string of the molecule is N#Cc1c(Cl)c(Cl)c(Cl)c(C#[N+][O-])c1Cl. The van der Waals surface area contributed by atoms with Gasteiger partial charge < -0.3 is 5.21 Å². The molecular formula is C8Cl4N2O. The zero-order valence-electron chi connectivity index (χ0n) is 6.81. The maximum atomic E-state index is 10.0. The molecule has 0 unspecified atom stereocenters. The number of nitriles is 1. The van der Waals surface area contributed by atoms with Crippen molar-refractivity contribution in [3.05, 3.63) is 41.4 Å². The van der Waals surface area contributed by atoms with Gasteiger partial charge in [-0.2, -0.15) is 5.26 Å². The lowest BCUT2D eigenvalue weighted by molar-refractivity contribution is 1.47. The van der Waals surface area contributed by atoms with Gasteiger partial charge in [0.15, 0.2) is 0 Å². The molecule has 0 bridgehead atoms. The summed E-state index contributed by atoms with van der Waals surface area (Å²) in [4.78, 5) is 0. The van der Waals surface area contributed by atoms with Crippen LogP contribution in [0.3, 0.4) is 0 Å². The van der Waals surface area contributed by atoms with Crippen molar-refractivity contribution >= 4 is 46.4 Å². The topological polar surface area (TPSA) is 51.2 Å². The van der Waals surface area contributed by atoms with E-state index in [1.54, 1.807) is 6.07 Å². The molecule has 0 aliphatic heterocycles. The van der Waals surface area contributed by atoms with E-state index in [0.717, 1.165) is 0 Å². The maximum Gasteiger partial charge on any atom is 0.339 e. The molecule has 7 heteroatoms. The molecule has 0 aromatic heterocycles. The zero-order chi connectivity index (χ0) is 11.6. The van der Waals surface area contributed by atoms with Gasteiger partial charge in [-0.15, -0.1) is 0 Å². The van der Waals surface area contributed by atoms with Crippen molar-refractivity contribution in [2.45, 2.75) is 0 Å².